The molecule has 0 saturated heterocycles. The Bertz CT molecular complexity index is 1240. The Hall–Kier alpha value is -3.55. The normalized spacial score (nSPS) is 13.2. The maximum atomic E-state index is 13.3. The number of alkyl halides is 3. The molecule has 5 nitrogen and oxygen atoms in total. The van der Waals surface area contributed by atoms with Crippen molar-refractivity contribution in [1.82, 2.24) is 0 Å². The quantitative estimate of drug-likeness (QED) is 0.212. The highest BCUT2D eigenvalue weighted by Crippen LogP contribution is 2.36. The molecule has 0 spiro atoms. The number of aliphatic carboxylic acids is 1. The summed E-state index contributed by atoms with van der Waals surface area (Å²) in [4.78, 5) is 25.4. The van der Waals surface area contributed by atoms with Gasteiger partial charge in [0.15, 0.2) is 5.78 Å². The Labute approximate surface area is 220 Å². The van der Waals surface area contributed by atoms with E-state index < -0.39 is 17.7 Å². The Balaban J connectivity index is 1.77. The van der Waals surface area contributed by atoms with Gasteiger partial charge in [-0.2, -0.15) is 0 Å². The van der Waals surface area contributed by atoms with Crippen molar-refractivity contribution in [3.63, 3.8) is 0 Å². The van der Waals surface area contributed by atoms with Crippen LogP contribution in [0.2, 0.25) is 0 Å². The van der Waals surface area contributed by atoms with Gasteiger partial charge in [-0.25, -0.2) is 0 Å². The first-order chi connectivity index (χ1) is 18.1. The Morgan fingerprint density at radius 1 is 0.895 bits per heavy atom. The van der Waals surface area contributed by atoms with Crippen LogP contribution in [-0.4, -0.2) is 23.2 Å². The summed E-state index contributed by atoms with van der Waals surface area (Å²) in [6.07, 6.45) is -0.915. The lowest BCUT2D eigenvalue weighted by Crippen LogP contribution is -2.30. The summed E-state index contributed by atoms with van der Waals surface area (Å²) in [5.41, 5.74) is 0.170. The molecule has 0 saturated carbocycles. The fraction of sp³-hybridized carbons (Fsp3) is 0.400. The van der Waals surface area contributed by atoms with Gasteiger partial charge in [0.1, 0.15) is 18.1 Å². The van der Waals surface area contributed by atoms with Gasteiger partial charge < -0.3 is 14.6 Å². The van der Waals surface area contributed by atoms with Crippen LogP contribution >= 0.6 is 0 Å². The Kier molecular flexibility index (Phi) is 9.78. The van der Waals surface area contributed by atoms with E-state index >= 15 is 0 Å². The first-order valence-corrected chi connectivity index (χ1v) is 12.8. The molecule has 0 amide bonds. The molecular formula is C30H33F3O5. The molecule has 1 unspecified atom stereocenters. The number of carbonyl (C=O) groups is 2. The summed E-state index contributed by atoms with van der Waals surface area (Å²) >= 11 is 0. The Morgan fingerprint density at radius 2 is 1.58 bits per heavy atom. The van der Waals surface area contributed by atoms with E-state index in [9.17, 15) is 27.9 Å². The van der Waals surface area contributed by atoms with Crippen molar-refractivity contribution in [2.75, 3.05) is 0 Å². The number of ether oxygens (including phenoxy) is 2. The molecule has 0 heterocycles. The number of hydrogen-bond acceptors (Lipinski definition) is 4. The van der Waals surface area contributed by atoms with Gasteiger partial charge in [-0.05, 0) is 54.8 Å². The van der Waals surface area contributed by atoms with Crippen molar-refractivity contribution in [2.45, 2.75) is 71.8 Å². The zero-order valence-corrected chi connectivity index (χ0v) is 21.6. The predicted octanol–water partition coefficient (Wildman–Crippen LogP) is 8.34. The van der Waals surface area contributed by atoms with Crippen molar-refractivity contribution in [1.29, 1.82) is 0 Å². The van der Waals surface area contributed by atoms with Gasteiger partial charge in [-0.15, -0.1) is 13.2 Å². The summed E-state index contributed by atoms with van der Waals surface area (Å²) in [6, 6.07) is 16.4. The SMILES string of the molecule is CCCCC(CC)(CCCC(=O)c1ccc2ccccc2c1OCc1ccc(OC(F)(F)F)cc1)C(=O)O. The van der Waals surface area contributed by atoms with Crippen molar-refractivity contribution in [2.24, 2.45) is 5.41 Å². The molecule has 3 rings (SSSR count). The van der Waals surface area contributed by atoms with Crippen LogP contribution in [0.15, 0.2) is 60.7 Å². The standard InChI is InChI=1S/C30H33F3O5/c1-3-5-18-29(4-2,28(35)36)19-8-11-26(34)25-17-14-22-9-6-7-10-24(22)27(25)37-20-21-12-15-23(16-13-21)38-30(31,32)33/h6-7,9-10,12-17H,3-5,8,11,18-20H2,1-2H3,(H,35,36). The molecule has 3 aromatic rings. The molecule has 3 aromatic carbocycles. The smallest absolute Gasteiger partial charge is 0.487 e. The van der Waals surface area contributed by atoms with Gasteiger partial charge in [0.25, 0.3) is 0 Å². The van der Waals surface area contributed by atoms with E-state index in [0.29, 0.717) is 42.6 Å². The molecule has 0 fully saturated rings. The molecule has 38 heavy (non-hydrogen) atoms. The molecule has 0 aliphatic heterocycles. The van der Waals surface area contributed by atoms with Crippen LogP contribution in [0.3, 0.4) is 0 Å². The predicted molar refractivity (Wildman–Crippen MR) is 139 cm³/mol. The van der Waals surface area contributed by atoms with Crippen molar-refractivity contribution >= 4 is 22.5 Å². The summed E-state index contributed by atoms with van der Waals surface area (Å²) in [6.45, 7) is 3.94. The third-order valence-electron chi connectivity index (χ3n) is 6.92. The number of ketones is 1. The van der Waals surface area contributed by atoms with Crippen LogP contribution in [-0.2, 0) is 11.4 Å². The first kappa shape index (κ1) is 29.0. The zero-order chi connectivity index (χ0) is 27.8. The second-order valence-corrected chi connectivity index (χ2v) is 9.46. The first-order valence-electron chi connectivity index (χ1n) is 12.8. The van der Waals surface area contributed by atoms with Crippen LogP contribution < -0.4 is 9.47 Å². The van der Waals surface area contributed by atoms with Gasteiger partial charge >= 0.3 is 12.3 Å². The van der Waals surface area contributed by atoms with E-state index in [1.807, 2.05) is 44.2 Å². The highest BCUT2D eigenvalue weighted by molar-refractivity contribution is 6.04. The number of unbranched alkanes of at least 4 members (excludes halogenated alkanes) is 1. The highest BCUT2D eigenvalue weighted by Gasteiger charge is 2.35. The monoisotopic (exact) mass is 530 g/mol. The molecule has 0 radical (unpaired) electrons. The molecule has 0 aliphatic rings. The van der Waals surface area contributed by atoms with E-state index in [0.717, 1.165) is 23.6 Å². The van der Waals surface area contributed by atoms with Gasteiger partial charge in [0.05, 0.1) is 11.0 Å². The lowest BCUT2D eigenvalue weighted by atomic mass is 9.76. The van der Waals surface area contributed by atoms with Crippen LogP contribution in [0.1, 0.15) is 74.7 Å². The molecule has 1 N–H and O–H groups in total. The number of rotatable bonds is 14. The Morgan fingerprint density at radius 3 is 2.21 bits per heavy atom. The van der Waals surface area contributed by atoms with Crippen LogP contribution in [0.25, 0.3) is 10.8 Å². The minimum Gasteiger partial charge on any atom is -0.487 e. The number of Topliss-reactive ketones (excluding diaryl/α,β-unsaturated/α-hetero) is 1. The number of hydrogen-bond donors (Lipinski definition) is 1. The maximum Gasteiger partial charge on any atom is 0.573 e. The number of carboxylic acid groups (broad SMARTS) is 1. The lowest BCUT2D eigenvalue weighted by Gasteiger charge is -2.28. The summed E-state index contributed by atoms with van der Waals surface area (Å²) < 4.78 is 47.3. The van der Waals surface area contributed by atoms with Crippen LogP contribution in [0, 0.1) is 5.41 Å². The maximum absolute atomic E-state index is 13.3. The van der Waals surface area contributed by atoms with E-state index in [-0.39, 0.29) is 24.6 Å². The second kappa shape index (κ2) is 12.8. The van der Waals surface area contributed by atoms with Crippen molar-refractivity contribution < 1.29 is 37.3 Å². The van der Waals surface area contributed by atoms with Gasteiger partial charge in [-0.1, -0.05) is 69.2 Å². The third-order valence-corrected chi connectivity index (χ3v) is 6.92. The van der Waals surface area contributed by atoms with Crippen molar-refractivity contribution in [3.05, 3.63) is 71.8 Å². The average Bonchev–Trinajstić information content (AvgIpc) is 2.89. The van der Waals surface area contributed by atoms with Gasteiger partial charge in [0.2, 0.25) is 0 Å². The number of benzene rings is 3. The summed E-state index contributed by atoms with van der Waals surface area (Å²) in [5, 5.41) is 11.5. The zero-order valence-electron chi connectivity index (χ0n) is 21.6. The van der Waals surface area contributed by atoms with E-state index in [4.69, 9.17) is 4.74 Å². The minimum absolute atomic E-state index is 0.0373. The van der Waals surface area contributed by atoms with Gasteiger partial charge in [-0.3, -0.25) is 9.59 Å². The summed E-state index contributed by atoms with van der Waals surface area (Å²) in [5.74, 6) is -0.895. The van der Waals surface area contributed by atoms with E-state index in [2.05, 4.69) is 4.74 Å². The number of halogens is 3. The molecule has 8 heteroatoms. The molecule has 0 bridgehead atoms. The molecule has 0 aromatic heterocycles. The second-order valence-electron chi connectivity index (χ2n) is 9.46. The third kappa shape index (κ3) is 7.49. The van der Waals surface area contributed by atoms with Crippen LogP contribution in [0.4, 0.5) is 13.2 Å². The van der Waals surface area contributed by atoms with Crippen LogP contribution in [0.5, 0.6) is 11.5 Å². The minimum atomic E-state index is -4.77. The van der Waals surface area contributed by atoms with Crippen molar-refractivity contribution in [3.8, 4) is 11.5 Å². The molecule has 1 atom stereocenters. The fourth-order valence-corrected chi connectivity index (χ4v) is 4.64. The number of fused-ring (bicyclic) bond motifs is 1. The largest absolute Gasteiger partial charge is 0.573 e. The van der Waals surface area contributed by atoms with E-state index in [1.54, 1.807) is 6.07 Å². The lowest BCUT2D eigenvalue weighted by molar-refractivity contribution is -0.274. The fourth-order valence-electron chi connectivity index (χ4n) is 4.64. The number of carboxylic acids is 1. The highest BCUT2D eigenvalue weighted by atomic mass is 19.4. The molecular weight excluding hydrogens is 497 g/mol. The summed E-state index contributed by atoms with van der Waals surface area (Å²) in [7, 11) is 0. The van der Waals surface area contributed by atoms with Gasteiger partial charge in [0, 0.05) is 11.8 Å². The topological polar surface area (TPSA) is 72.8 Å². The van der Waals surface area contributed by atoms with E-state index in [1.165, 1.54) is 24.3 Å². The molecule has 0 aliphatic carbocycles. The number of carbonyl (C=O) groups excluding carboxylic acids is 1. The average molecular weight is 531 g/mol. The molecule has 204 valence electrons.